The highest BCUT2D eigenvalue weighted by atomic mass is 32.2. The molecule has 1 aromatic carbocycles. The van der Waals surface area contributed by atoms with Gasteiger partial charge in [-0.2, -0.15) is 11.8 Å². The van der Waals surface area contributed by atoms with E-state index in [-0.39, 0.29) is 35.6 Å². The summed E-state index contributed by atoms with van der Waals surface area (Å²) in [5.41, 5.74) is 1.62. The Morgan fingerprint density at radius 1 is 1.21 bits per heavy atom. The number of carbonyl (C=O) groups is 1. The average Bonchev–Trinajstić information content (AvgIpc) is 2.71. The fraction of sp³-hybridized carbons (Fsp3) is 0.455. The fourth-order valence-electron chi connectivity index (χ4n) is 3.18. The molecule has 182 valence electrons. The number of benzene rings is 1. The molecule has 1 atom stereocenters. The molecule has 0 aliphatic heterocycles. The second kappa shape index (κ2) is 11.5. The van der Waals surface area contributed by atoms with E-state index in [1.54, 1.807) is 38.6 Å². The molecule has 2 aromatic rings. The minimum absolute atomic E-state index is 0.0140. The van der Waals surface area contributed by atoms with E-state index in [0.717, 1.165) is 5.75 Å². The second-order valence-electron chi connectivity index (χ2n) is 7.32. The van der Waals surface area contributed by atoms with Gasteiger partial charge in [-0.3, -0.25) is 0 Å². The summed E-state index contributed by atoms with van der Waals surface area (Å²) in [6.07, 6.45) is -2.22. The third kappa shape index (κ3) is 7.43. The molecule has 0 bridgehead atoms. The predicted octanol–water partition coefficient (Wildman–Crippen LogP) is 5.01. The number of aliphatic hydroxyl groups is 1. The van der Waals surface area contributed by atoms with E-state index in [0.29, 0.717) is 28.9 Å². The minimum atomic E-state index is -4.82. The number of nitrogens with zero attached hydrogens (tertiary/aromatic N) is 1. The molecular formula is C22H27F3N2O5S. The SMILES string of the molecule is COC(=O)c1c(NC(CO)CCSC)cc(C)nc1Oc1c(C)cc(OC(F)(F)F)cc1C. The molecule has 0 fully saturated rings. The highest BCUT2D eigenvalue weighted by molar-refractivity contribution is 7.98. The van der Waals surface area contributed by atoms with Crippen LogP contribution >= 0.6 is 11.8 Å². The molecule has 0 aliphatic rings. The lowest BCUT2D eigenvalue weighted by atomic mass is 10.1. The van der Waals surface area contributed by atoms with Crippen molar-refractivity contribution in [3.05, 3.63) is 40.6 Å². The molecule has 2 rings (SSSR count). The summed E-state index contributed by atoms with van der Waals surface area (Å²) < 4.78 is 52.6. The highest BCUT2D eigenvalue weighted by Crippen LogP contribution is 2.37. The number of alkyl halides is 3. The number of aliphatic hydroxyl groups excluding tert-OH is 1. The molecule has 33 heavy (non-hydrogen) atoms. The number of aryl methyl sites for hydroxylation is 3. The van der Waals surface area contributed by atoms with E-state index in [9.17, 15) is 23.1 Å². The number of ether oxygens (including phenoxy) is 3. The maximum atomic E-state index is 12.6. The summed E-state index contributed by atoms with van der Waals surface area (Å²) in [7, 11) is 1.22. The van der Waals surface area contributed by atoms with Crippen LogP contribution in [-0.2, 0) is 4.74 Å². The summed E-state index contributed by atoms with van der Waals surface area (Å²) in [5.74, 6) is -0.128. The zero-order valence-electron chi connectivity index (χ0n) is 19.0. The van der Waals surface area contributed by atoms with Gasteiger partial charge in [-0.15, -0.1) is 13.2 Å². The average molecular weight is 489 g/mol. The van der Waals surface area contributed by atoms with Gasteiger partial charge in [-0.25, -0.2) is 9.78 Å². The lowest BCUT2D eigenvalue weighted by molar-refractivity contribution is -0.274. The van der Waals surface area contributed by atoms with Crippen LogP contribution in [-0.4, -0.2) is 54.2 Å². The second-order valence-corrected chi connectivity index (χ2v) is 8.31. The largest absolute Gasteiger partial charge is 0.573 e. The third-order valence-corrected chi connectivity index (χ3v) is 5.26. The van der Waals surface area contributed by atoms with E-state index in [1.807, 2.05) is 6.26 Å². The number of esters is 1. The van der Waals surface area contributed by atoms with Gasteiger partial charge in [0, 0.05) is 5.69 Å². The van der Waals surface area contributed by atoms with Crippen molar-refractivity contribution in [2.45, 2.75) is 39.6 Å². The van der Waals surface area contributed by atoms with E-state index >= 15 is 0 Å². The van der Waals surface area contributed by atoms with Crippen LogP contribution in [0.4, 0.5) is 18.9 Å². The lowest BCUT2D eigenvalue weighted by Gasteiger charge is -2.21. The summed E-state index contributed by atoms with van der Waals surface area (Å²) in [6, 6.07) is 3.69. The van der Waals surface area contributed by atoms with Crippen molar-refractivity contribution in [3.63, 3.8) is 0 Å². The van der Waals surface area contributed by atoms with Crippen LogP contribution in [0.15, 0.2) is 18.2 Å². The van der Waals surface area contributed by atoms with Crippen molar-refractivity contribution in [3.8, 4) is 17.4 Å². The molecule has 1 aromatic heterocycles. The first-order valence-corrected chi connectivity index (χ1v) is 11.4. The van der Waals surface area contributed by atoms with Crippen LogP contribution in [0.25, 0.3) is 0 Å². The van der Waals surface area contributed by atoms with Crippen LogP contribution in [0.3, 0.4) is 0 Å². The van der Waals surface area contributed by atoms with Gasteiger partial charge in [0.25, 0.3) is 0 Å². The topological polar surface area (TPSA) is 89.9 Å². The molecular weight excluding hydrogens is 461 g/mol. The molecule has 1 heterocycles. The molecule has 11 heteroatoms. The zero-order valence-corrected chi connectivity index (χ0v) is 19.8. The predicted molar refractivity (Wildman–Crippen MR) is 120 cm³/mol. The van der Waals surface area contributed by atoms with Gasteiger partial charge < -0.3 is 24.6 Å². The number of nitrogens with one attached hydrogen (secondary N) is 1. The van der Waals surface area contributed by atoms with Gasteiger partial charge in [0.05, 0.1) is 25.4 Å². The van der Waals surface area contributed by atoms with E-state index in [4.69, 9.17) is 9.47 Å². The minimum Gasteiger partial charge on any atom is -0.465 e. The maximum Gasteiger partial charge on any atom is 0.573 e. The Labute approximate surface area is 194 Å². The van der Waals surface area contributed by atoms with Crippen molar-refractivity contribution < 1.29 is 37.3 Å². The highest BCUT2D eigenvalue weighted by Gasteiger charge is 2.32. The van der Waals surface area contributed by atoms with Gasteiger partial charge in [0.2, 0.25) is 5.88 Å². The monoisotopic (exact) mass is 488 g/mol. The van der Waals surface area contributed by atoms with Crippen molar-refractivity contribution >= 4 is 23.4 Å². The van der Waals surface area contributed by atoms with Crippen molar-refractivity contribution in [2.75, 3.05) is 31.0 Å². The number of halogens is 3. The lowest BCUT2D eigenvalue weighted by Crippen LogP contribution is -2.26. The Morgan fingerprint density at radius 3 is 2.36 bits per heavy atom. The van der Waals surface area contributed by atoms with E-state index in [2.05, 4.69) is 15.0 Å². The number of pyridine rings is 1. The molecule has 0 aliphatic carbocycles. The summed E-state index contributed by atoms with van der Waals surface area (Å²) in [6.45, 7) is 4.66. The van der Waals surface area contributed by atoms with Crippen molar-refractivity contribution in [1.82, 2.24) is 4.98 Å². The number of hydrogen-bond donors (Lipinski definition) is 2. The quantitative estimate of drug-likeness (QED) is 0.451. The Balaban J connectivity index is 2.50. The van der Waals surface area contributed by atoms with Crippen molar-refractivity contribution in [2.24, 2.45) is 0 Å². The molecule has 0 spiro atoms. The van der Waals surface area contributed by atoms with Gasteiger partial charge in [-0.1, -0.05) is 0 Å². The number of aromatic nitrogens is 1. The van der Waals surface area contributed by atoms with Gasteiger partial charge in [-0.05, 0) is 68.5 Å². The zero-order chi connectivity index (χ0) is 24.8. The fourth-order valence-corrected chi connectivity index (χ4v) is 3.70. The number of carbonyl (C=O) groups excluding carboxylic acids is 1. The standard InChI is InChI=1S/C22H27F3N2O5S/c1-12-8-16(32-22(23,24)25)9-13(2)19(12)31-20-18(21(29)30-4)17(10-14(3)26-20)27-15(11-28)6-7-33-5/h8-10,15,28H,6-7,11H2,1-5H3,(H,26,27). The van der Waals surface area contributed by atoms with Crippen LogP contribution in [0.1, 0.15) is 33.6 Å². The molecule has 0 amide bonds. The van der Waals surface area contributed by atoms with E-state index in [1.165, 1.54) is 19.2 Å². The van der Waals surface area contributed by atoms with Gasteiger partial charge in [0.1, 0.15) is 17.1 Å². The summed E-state index contributed by atoms with van der Waals surface area (Å²) in [4.78, 5) is 16.9. The summed E-state index contributed by atoms with van der Waals surface area (Å²) >= 11 is 1.63. The first-order chi connectivity index (χ1) is 15.5. The Kier molecular flexibility index (Phi) is 9.24. The molecule has 0 saturated carbocycles. The number of rotatable bonds is 10. The number of methoxy groups -OCH3 is 1. The first-order valence-electron chi connectivity index (χ1n) is 10.00. The van der Waals surface area contributed by atoms with Crippen LogP contribution in [0, 0.1) is 20.8 Å². The molecule has 7 nitrogen and oxygen atoms in total. The number of thioether (sulfide) groups is 1. The van der Waals surface area contributed by atoms with Gasteiger partial charge in [0.15, 0.2) is 0 Å². The van der Waals surface area contributed by atoms with Crippen molar-refractivity contribution in [1.29, 1.82) is 0 Å². The Bertz CT molecular complexity index is 962. The molecule has 0 saturated heterocycles. The normalized spacial score (nSPS) is 12.3. The number of hydrogen-bond acceptors (Lipinski definition) is 8. The van der Waals surface area contributed by atoms with Crippen LogP contribution < -0.4 is 14.8 Å². The van der Waals surface area contributed by atoms with E-state index < -0.39 is 12.3 Å². The summed E-state index contributed by atoms with van der Waals surface area (Å²) in [5, 5.41) is 12.9. The first kappa shape index (κ1) is 26.6. The van der Waals surface area contributed by atoms with Crippen LogP contribution in [0.2, 0.25) is 0 Å². The third-order valence-electron chi connectivity index (χ3n) is 4.62. The Morgan fingerprint density at radius 2 is 1.85 bits per heavy atom. The molecule has 0 radical (unpaired) electrons. The maximum absolute atomic E-state index is 12.6. The van der Waals surface area contributed by atoms with Gasteiger partial charge >= 0.3 is 12.3 Å². The smallest absolute Gasteiger partial charge is 0.465 e. The molecule has 1 unspecified atom stereocenters. The number of anilines is 1. The van der Waals surface area contributed by atoms with Crippen LogP contribution in [0.5, 0.6) is 17.4 Å². The Hall–Kier alpha value is -2.66. The molecule has 2 N–H and O–H groups in total.